The predicted octanol–water partition coefficient (Wildman–Crippen LogP) is 1.45. The van der Waals surface area contributed by atoms with E-state index in [1.54, 1.807) is 0 Å². The maximum Gasteiger partial charge on any atom is 0.325 e. The maximum atomic E-state index is 11.4. The fraction of sp³-hybridized carbons (Fsp3) is 0.462. The second-order valence-electron chi connectivity index (χ2n) is 4.30. The summed E-state index contributed by atoms with van der Waals surface area (Å²) in [4.78, 5) is 13.4. The summed E-state index contributed by atoms with van der Waals surface area (Å²) in [5, 5.41) is 9.39. The van der Waals surface area contributed by atoms with Crippen molar-refractivity contribution >= 4 is 5.97 Å². The van der Waals surface area contributed by atoms with E-state index in [0.29, 0.717) is 26.3 Å². The molecule has 0 aliphatic carbocycles. The fourth-order valence-corrected chi connectivity index (χ4v) is 2.19. The SMILES string of the molecule is Cc1cccc(C(C(=O)O)N2CCOCC2)c1. The monoisotopic (exact) mass is 235 g/mol. The molecule has 92 valence electrons. The highest BCUT2D eigenvalue weighted by molar-refractivity contribution is 5.75. The number of hydrogen-bond donors (Lipinski definition) is 1. The standard InChI is InChI=1S/C13H17NO3/c1-10-3-2-4-11(9-10)12(13(15)16)14-5-7-17-8-6-14/h2-4,9,12H,5-8H2,1H3,(H,15,16). The van der Waals surface area contributed by atoms with Gasteiger partial charge in [-0.3, -0.25) is 9.69 Å². The van der Waals surface area contributed by atoms with Crippen LogP contribution in [0.5, 0.6) is 0 Å². The molecule has 0 spiro atoms. The molecule has 0 bridgehead atoms. The van der Waals surface area contributed by atoms with Gasteiger partial charge in [0.2, 0.25) is 0 Å². The Hall–Kier alpha value is -1.39. The van der Waals surface area contributed by atoms with E-state index >= 15 is 0 Å². The minimum Gasteiger partial charge on any atom is -0.480 e. The molecular weight excluding hydrogens is 218 g/mol. The first-order valence-electron chi connectivity index (χ1n) is 5.79. The lowest BCUT2D eigenvalue weighted by Crippen LogP contribution is -2.42. The summed E-state index contributed by atoms with van der Waals surface area (Å²) >= 11 is 0. The van der Waals surface area contributed by atoms with E-state index in [0.717, 1.165) is 11.1 Å². The first-order valence-corrected chi connectivity index (χ1v) is 5.79. The number of aliphatic carboxylic acids is 1. The third-order valence-corrected chi connectivity index (χ3v) is 3.00. The molecule has 0 aromatic heterocycles. The number of ether oxygens (including phenoxy) is 1. The lowest BCUT2D eigenvalue weighted by Gasteiger charge is -2.32. The lowest BCUT2D eigenvalue weighted by atomic mass is 10.0. The molecule has 0 radical (unpaired) electrons. The topological polar surface area (TPSA) is 49.8 Å². The van der Waals surface area contributed by atoms with Gasteiger partial charge in [0.25, 0.3) is 0 Å². The second kappa shape index (κ2) is 5.29. The molecule has 1 aliphatic rings. The zero-order valence-corrected chi connectivity index (χ0v) is 9.93. The summed E-state index contributed by atoms with van der Waals surface area (Å²) in [7, 11) is 0. The third kappa shape index (κ3) is 2.84. The lowest BCUT2D eigenvalue weighted by molar-refractivity contribution is -0.145. The highest BCUT2D eigenvalue weighted by Crippen LogP contribution is 2.22. The molecule has 0 saturated carbocycles. The van der Waals surface area contributed by atoms with Crippen molar-refractivity contribution in [2.75, 3.05) is 26.3 Å². The highest BCUT2D eigenvalue weighted by atomic mass is 16.5. The number of nitrogens with zero attached hydrogens (tertiary/aromatic N) is 1. The molecule has 4 nitrogen and oxygen atoms in total. The van der Waals surface area contributed by atoms with E-state index in [2.05, 4.69) is 0 Å². The number of carboxylic acid groups (broad SMARTS) is 1. The molecule has 1 aromatic rings. The second-order valence-corrected chi connectivity index (χ2v) is 4.30. The number of rotatable bonds is 3. The van der Waals surface area contributed by atoms with Crippen LogP contribution in [0.4, 0.5) is 0 Å². The number of benzene rings is 1. The Morgan fingerprint density at radius 3 is 2.71 bits per heavy atom. The van der Waals surface area contributed by atoms with Crippen molar-refractivity contribution in [3.63, 3.8) is 0 Å². The van der Waals surface area contributed by atoms with E-state index in [9.17, 15) is 9.90 Å². The van der Waals surface area contributed by atoms with Gasteiger partial charge in [0.15, 0.2) is 0 Å². The zero-order chi connectivity index (χ0) is 12.3. The van der Waals surface area contributed by atoms with Crippen molar-refractivity contribution in [3.8, 4) is 0 Å². The van der Waals surface area contributed by atoms with Gasteiger partial charge in [-0.15, -0.1) is 0 Å². The Morgan fingerprint density at radius 2 is 2.12 bits per heavy atom. The number of hydrogen-bond acceptors (Lipinski definition) is 3. The Kier molecular flexibility index (Phi) is 3.76. The van der Waals surface area contributed by atoms with Crippen LogP contribution in [0.3, 0.4) is 0 Å². The highest BCUT2D eigenvalue weighted by Gasteiger charge is 2.28. The molecule has 1 unspecified atom stereocenters. The van der Waals surface area contributed by atoms with Gasteiger partial charge in [-0.2, -0.15) is 0 Å². The Labute approximate surface area is 101 Å². The van der Waals surface area contributed by atoms with Crippen molar-refractivity contribution in [3.05, 3.63) is 35.4 Å². The summed E-state index contributed by atoms with van der Waals surface area (Å²) in [6.07, 6.45) is 0. The van der Waals surface area contributed by atoms with Gasteiger partial charge in [-0.25, -0.2) is 0 Å². The fourth-order valence-electron chi connectivity index (χ4n) is 2.19. The van der Waals surface area contributed by atoms with Gasteiger partial charge < -0.3 is 9.84 Å². The van der Waals surface area contributed by atoms with E-state index < -0.39 is 12.0 Å². The maximum absolute atomic E-state index is 11.4. The normalized spacial score (nSPS) is 18.9. The Morgan fingerprint density at radius 1 is 1.41 bits per heavy atom. The van der Waals surface area contributed by atoms with Crippen LogP contribution < -0.4 is 0 Å². The smallest absolute Gasteiger partial charge is 0.325 e. The van der Waals surface area contributed by atoms with E-state index in [4.69, 9.17) is 4.74 Å². The van der Waals surface area contributed by atoms with Crippen LogP contribution in [0, 0.1) is 6.92 Å². The van der Waals surface area contributed by atoms with Gasteiger partial charge in [0.1, 0.15) is 6.04 Å². The molecule has 1 saturated heterocycles. The molecule has 1 fully saturated rings. The van der Waals surface area contributed by atoms with Crippen LogP contribution in [0.25, 0.3) is 0 Å². The molecular formula is C13H17NO3. The first kappa shape index (κ1) is 12.1. The van der Waals surface area contributed by atoms with Crippen LogP contribution >= 0.6 is 0 Å². The van der Waals surface area contributed by atoms with Gasteiger partial charge >= 0.3 is 5.97 Å². The Balaban J connectivity index is 2.25. The molecule has 17 heavy (non-hydrogen) atoms. The molecule has 1 N–H and O–H groups in total. The minimum atomic E-state index is -0.794. The number of carboxylic acids is 1. The molecule has 0 amide bonds. The number of aryl methyl sites for hydroxylation is 1. The van der Waals surface area contributed by atoms with E-state index in [1.807, 2.05) is 36.1 Å². The van der Waals surface area contributed by atoms with Gasteiger partial charge in [0, 0.05) is 13.1 Å². The number of morpholine rings is 1. The average molecular weight is 235 g/mol. The summed E-state index contributed by atoms with van der Waals surface area (Å²) < 4.78 is 5.25. The van der Waals surface area contributed by atoms with E-state index in [-0.39, 0.29) is 0 Å². The van der Waals surface area contributed by atoms with Crippen LogP contribution in [0.2, 0.25) is 0 Å². The van der Waals surface area contributed by atoms with Crippen LogP contribution in [-0.4, -0.2) is 42.3 Å². The largest absolute Gasteiger partial charge is 0.480 e. The zero-order valence-electron chi connectivity index (χ0n) is 9.93. The van der Waals surface area contributed by atoms with Crippen molar-refractivity contribution in [2.45, 2.75) is 13.0 Å². The van der Waals surface area contributed by atoms with Crippen molar-refractivity contribution in [1.82, 2.24) is 4.90 Å². The summed E-state index contributed by atoms with van der Waals surface area (Å²) in [5.74, 6) is -0.794. The minimum absolute atomic E-state index is 0.557. The Bertz CT molecular complexity index is 399. The average Bonchev–Trinajstić information content (AvgIpc) is 2.30. The van der Waals surface area contributed by atoms with Crippen LogP contribution in [0.1, 0.15) is 17.2 Å². The first-order chi connectivity index (χ1) is 8.18. The van der Waals surface area contributed by atoms with Gasteiger partial charge in [-0.1, -0.05) is 29.8 Å². The molecule has 1 aromatic carbocycles. The van der Waals surface area contributed by atoms with Crippen LogP contribution in [-0.2, 0) is 9.53 Å². The van der Waals surface area contributed by atoms with Crippen molar-refractivity contribution in [2.24, 2.45) is 0 Å². The molecule has 1 aliphatic heterocycles. The summed E-state index contributed by atoms with van der Waals surface area (Å²) in [6, 6.07) is 7.14. The molecule has 2 rings (SSSR count). The van der Waals surface area contributed by atoms with Crippen molar-refractivity contribution < 1.29 is 14.6 Å². The number of carbonyl (C=O) groups is 1. The van der Waals surface area contributed by atoms with E-state index in [1.165, 1.54) is 0 Å². The third-order valence-electron chi connectivity index (χ3n) is 3.00. The molecule has 1 heterocycles. The molecule has 1 atom stereocenters. The van der Waals surface area contributed by atoms with Crippen molar-refractivity contribution in [1.29, 1.82) is 0 Å². The van der Waals surface area contributed by atoms with Crippen LogP contribution in [0.15, 0.2) is 24.3 Å². The molecule has 4 heteroatoms. The predicted molar refractivity (Wildman–Crippen MR) is 63.9 cm³/mol. The van der Waals surface area contributed by atoms with Gasteiger partial charge in [0.05, 0.1) is 13.2 Å². The van der Waals surface area contributed by atoms with Gasteiger partial charge in [-0.05, 0) is 12.5 Å². The summed E-state index contributed by atoms with van der Waals surface area (Å²) in [5.41, 5.74) is 1.93. The summed E-state index contributed by atoms with van der Waals surface area (Å²) in [6.45, 7) is 4.53. The quantitative estimate of drug-likeness (QED) is 0.861.